The maximum absolute atomic E-state index is 11.3. The van der Waals surface area contributed by atoms with Crippen molar-refractivity contribution in [3.05, 3.63) is 48.6 Å². The van der Waals surface area contributed by atoms with E-state index in [0.717, 1.165) is 0 Å². The van der Waals surface area contributed by atoms with Crippen LogP contribution in [0, 0.1) is 23.7 Å². The first-order valence-corrected chi connectivity index (χ1v) is 8.81. The molecule has 2 aliphatic rings. The highest BCUT2D eigenvalue weighted by Crippen LogP contribution is 2.46. The van der Waals surface area contributed by atoms with Gasteiger partial charge >= 0.3 is 0 Å². The van der Waals surface area contributed by atoms with Crippen molar-refractivity contribution in [3.8, 4) is 0 Å². The van der Waals surface area contributed by atoms with E-state index in [9.17, 15) is 9.59 Å². The maximum Gasteiger partial charge on any atom is 0.235 e. The van der Waals surface area contributed by atoms with Crippen LogP contribution in [-0.2, 0) is 9.59 Å². The van der Waals surface area contributed by atoms with Crippen LogP contribution in [0.3, 0.4) is 0 Å². The van der Waals surface area contributed by atoms with E-state index in [-0.39, 0.29) is 23.7 Å². The van der Waals surface area contributed by atoms with Crippen LogP contribution in [0.15, 0.2) is 58.6 Å². The lowest BCUT2D eigenvalue weighted by Crippen LogP contribution is -2.48. The number of hydrogen-bond acceptors (Lipinski definition) is 4. The highest BCUT2D eigenvalue weighted by atomic mass is 16.1. The van der Waals surface area contributed by atoms with Crippen LogP contribution >= 0.6 is 0 Å². The molecule has 4 unspecified atom stereocenters. The van der Waals surface area contributed by atoms with Crippen molar-refractivity contribution >= 4 is 12.2 Å². The van der Waals surface area contributed by atoms with Crippen molar-refractivity contribution in [1.29, 1.82) is 0 Å². The van der Waals surface area contributed by atoms with Gasteiger partial charge in [0, 0.05) is 18.3 Å². The molecular formula is C21H26N2O2. The van der Waals surface area contributed by atoms with E-state index < -0.39 is 11.1 Å². The van der Waals surface area contributed by atoms with Crippen molar-refractivity contribution in [1.82, 2.24) is 0 Å². The van der Waals surface area contributed by atoms with Gasteiger partial charge in [-0.2, -0.15) is 9.98 Å². The molecule has 2 aliphatic carbocycles. The van der Waals surface area contributed by atoms with Crippen molar-refractivity contribution in [2.75, 3.05) is 0 Å². The Morgan fingerprint density at radius 1 is 0.800 bits per heavy atom. The van der Waals surface area contributed by atoms with Gasteiger partial charge in [-0.1, -0.05) is 76.3 Å². The molecule has 25 heavy (non-hydrogen) atoms. The van der Waals surface area contributed by atoms with Crippen LogP contribution in [0.5, 0.6) is 0 Å². The van der Waals surface area contributed by atoms with Gasteiger partial charge in [0.1, 0.15) is 11.1 Å². The minimum Gasteiger partial charge on any atom is -0.211 e. The zero-order chi connectivity index (χ0) is 18.5. The predicted octanol–water partition coefficient (Wildman–Crippen LogP) is 4.32. The summed E-state index contributed by atoms with van der Waals surface area (Å²) in [6.07, 6.45) is 19.8. The number of isocyanates is 2. The molecule has 0 saturated heterocycles. The van der Waals surface area contributed by atoms with Gasteiger partial charge in [-0.25, -0.2) is 9.59 Å². The van der Waals surface area contributed by atoms with Crippen LogP contribution in [0.25, 0.3) is 0 Å². The van der Waals surface area contributed by atoms with E-state index in [1.165, 1.54) is 0 Å². The van der Waals surface area contributed by atoms with Gasteiger partial charge in [-0.3, -0.25) is 0 Å². The number of rotatable bonds is 6. The second-order valence-corrected chi connectivity index (χ2v) is 7.59. The number of nitrogens with zero attached hydrogens (tertiary/aromatic N) is 2. The summed E-state index contributed by atoms with van der Waals surface area (Å²) in [5.41, 5.74) is -1.54. The summed E-state index contributed by atoms with van der Waals surface area (Å²) >= 11 is 0. The van der Waals surface area contributed by atoms with Crippen LogP contribution in [-0.4, -0.2) is 23.2 Å². The molecule has 0 aromatic heterocycles. The molecule has 0 aromatic carbocycles. The Kier molecular flexibility index (Phi) is 5.89. The molecule has 0 aliphatic heterocycles. The average Bonchev–Trinajstić information content (AvgIpc) is 2.55. The summed E-state index contributed by atoms with van der Waals surface area (Å²) in [5.74, 6) is 0.613. The fourth-order valence-electron chi connectivity index (χ4n) is 4.25. The van der Waals surface area contributed by atoms with E-state index in [0.29, 0.717) is 6.42 Å². The second kappa shape index (κ2) is 7.74. The molecule has 0 fully saturated rings. The normalized spacial score (nSPS) is 33.4. The van der Waals surface area contributed by atoms with Gasteiger partial charge in [-0.05, 0) is 11.8 Å². The smallest absolute Gasteiger partial charge is 0.211 e. The Balaban J connectivity index is 2.59. The predicted molar refractivity (Wildman–Crippen MR) is 99.5 cm³/mol. The number of hydrogen-bond donors (Lipinski definition) is 0. The summed E-state index contributed by atoms with van der Waals surface area (Å²) in [5, 5.41) is 0. The van der Waals surface area contributed by atoms with Crippen LogP contribution in [0.2, 0.25) is 0 Å². The molecular weight excluding hydrogens is 312 g/mol. The van der Waals surface area contributed by atoms with Crippen LogP contribution in [0.1, 0.15) is 34.1 Å². The van der Waals surface area contributed by atoms with E-state index in [2.05, 4.69) is 49.8 Å². The zero-order valence-corrected chi connectivity index (χ0v) is 15.3. The molecule has 4 atom stereocenters. The molecule has 0 heterocycles. The number of carbonyl (C=O) groups excluding carboxylic acids is 2. The molecule has 0 amide bonds. The highest BCUT2D eigenvalue weighted by Gasteiger charge is 2.49. The van der Waals surface area contributed by atoms with E-state index >= 15 is 0 Å². The molecule has 0 aromatic rings. The largest absolute Gasteiger partial charge is 0.235 e. The van der Waals surface area contributed by atoms with Crippen molar-refractivity contribution in [2.24, 2.45) is 33.7 Å². The Morgan fingerprint density at radius 3 is 1.52 bits per heavy atom. The fraction of sp³-hybridized carbons (Fsp3) is 0.524. The number of allylic oxidation sites excluding steroid dienone is 4. The molecule has 0 spiro atoms. The molecule has 132 valence electrons. The van der Waals surface area contributed by atoms with Gasteiger partial charge in [-0.15, -0.1) is 0 Å². The Bertz CT molecular complexity index is 643. The van der Waals surface area contributed by atoms with Gasteiger partial charge in [0.25, 0.3) is 0 Å². The third-order valence-corrected chi connectivity index (χ3v) is 5.29. The van der Waals surface area contributed by atoms with Crippen molar-refractivity contribution < 1.29 is 9.59 Å². The average molecular weight is 338 g/mol. The number of aliphatic imine (C=N–C) groups is 2. The monoisotopic (exact) mass is 338 g/mol. The van der Waals surface area contributed by atoms with Crippen molar-refractivity contribution in [3.63, 3.8) is 0 Å². The molecule has 0 radical (unpaired) electrons. The van der Waals surface area contributed by atoms with Gasteiger partial charge in [0.2, 0.25) is 12.2 Å². The minimum absolute atomic E-state index is 0.0322. The van der Waals surface area contributed by atoms with Gasteiger partial charge in [0.05, 0.1) is 0 Å². The maximum atomic E-state index is 11.3. The van der Waals surface area contributed by atoms with E-state index in [1.54, 1.807) is 12.2 Å². The van der Waals surface area contributed by atoms with E-state index in [1.807, 2.05) is 36.5 Å². The third kappa shape index (κ3) is 3.71. The fourth-order valence-corrected chi connectivity index (χ4v) is 4.25. The SMILES string of the molecule is CC(C)C1C=CC=CC1(CC1(N=C=O)C=CC=CC1C(C)C)N=C=O. The summed E-state index contributed by atoms with van der Waals surface area (Å²) in [6, 6.07) is 0. The third-order valence-electron chi connectivity index (χ3n) is 5.29. The summed E-state index contributed by atoms with van der Waals surface area (Å²) in [4.78, 5) is 31.0. The lowest BCUT2D eigenvalue weighted by Gasteiger charge is -2.45. The summed E-state index contributed by atoms with van der Waals surface area (Å²) in [6.45, 7) is 8.43. The molecule has 0 saturated carbocycles. The zero-order valence-electron chi connectivity index (χ0n) is 15.3. The first-order valence-electron chi connectivity index (χ1n) is 8.81. The Hall–Kier alpha value is -2.28. The quantitative estimate of drug-likeness (QED) is 0.535. The Morgan fingerprint density at radius 2 is 1.20 bits per heavy atom. The van der Waals surface area contributed by atoms with Gasteiger partial charge < -0.3 is 0 Å². The minimum atomic E-state index is -0.770. The van der Waals surface area contributed by atoms with Crippen molar-refractivity contribution in [2.45, 2.75) is 45.2 Å². The van der Waals surface area contributed by atoms with E-state index in [4.69, 9.17) is 0 Å². The van der Waals surface area contributed by atoms with Crippen LogP contribution in [0.4, 0.5) is 0 Å². The van der Waals surface area contributed by atoms with Crippen LogP contribution < -0.4 is 0 Å². The highest BCUT2D eigenvalue weighted by molar-refractivity contribution is 5.43. The topological polar surface area (TPSA) is 58.9 Å². The summed E-state index contributed by atoms with van der Waals surface area (Å²) < 4.78 is 0. The summed E-state index contributed by atoms with van der Waals surface area (Å²) in [7, 11) is 0. The standard InChI is InChI=1S/C21H26N2O2/c1-16(2)18-9-5-7-11-20(18,22-14-24)13-21(23-15-25)12-8-6-10-19(21)17(3)4/h5-12,16-19H,13H2,1-4H3. The first kappa shape index (κ1) is 19.1. The molecule has 2 rings (SSSR count). The molecule has 4 nitrogen and oxygen atoms in total. The molecule has 4 heteroatoms. The lowest BCUT2D eigenvalue weighted by molar-refractivity contribution is 0.206. The second-order valence-electron chi connectivity index (χ2n) is 7.59. The lowest BCUT2D eigenvalue weighted by atomic mass is 9.63. The first-order chi connectivity index (χ1) is 11.9. The Labute approximate surface area is 149 Å². The molecule has 0 bridgehead atoms. The molecule has 0 N–H and O–H groups in total. The van der Waals surface area contributed by atoms with Gasteiger partial charge in [0.15, 0.2) is 0 Å².